The number of rotatable bonds is 8. The van der Waals surface area contributed by atoms with Crippen molar-refractivity contribution >= 4 is 11.3 Å². The van der Waals surface area contributed by atoms with E-state index in [0.29, 0.717) is 12.5 Å². The molecule has 1 atom stereocenters. The summed E-state index contributed by atoms with van der Waals surface area (Å²) < 4.78 is 0. The number of nitrogens with one attached hydrogen (secondary N) is 1. The fraction of sp³-hybridized carbons (Fsp3) is 0.412. The van der Waals surface area contributed by atoms with E-state index in [2.05, 4.69) is 48.6 Å². The predicted octanol–water partition coefficient (Wildman–Crippen LogP) is 3.91. The van der Waals surface area contributed by atoms with Crippen LogP contribution in [0.1, 0.15) is 24.6 Å². The predicted molar refractivity (Wildman–Crippen MR) is 86.9 cm³/mol. The van der Waals surface area contributed by atoms with Gasteiger partial charge in [-0.25, -0.2) is 0 Å². The van der Waals surface area contributed by atoms with Crippen molar-refractivity contribution in [3.05, 3.63) is 47.3 Å². The minimum Gasteiger partial charge on any atom is -0.396 e. The van der Waals surface area contributed by atoms with Gasteiger partial charge >= 0.3 is 0 Å². The third-order valence-electron chi connectivity index (χ3n) is 3.38. The summed E-state index contributed by atoms with van der Waals surface area (Å²) in [5, 5.41) is 12.4. The molecule has 2 rings (SSSR count). The number of hydrogen-bond donors (Lipinski definition) is 2. The topological polar surface area (TPSA) is 32.3 Å². The van der Waals surface area contributed by atoms with Gasteiger partial charge in [-0.1, -0.05) is 37.3 Å². The van der Waals surface area contributed by atoms with Crippen molar-refractivity contribution in [3.8, 4) is 10.4 Å². The minimum atomic E-state index is 0.297. The summed E-state index contributed by atoms with van der Waals surface area (Å²) >= 11 is 1.85. The van der Waals surface area contributed by atoms with Gasteiger partial charge in [-0.05, 0) is 43.0 Å². The molecule has 2 nitrogen and oxygen atoms in total. The lowest BCUT2D eigenvalue weighted by molar-refractivity contribution is 0.228. The van der Waals surface area contributed by atoms with Crippen LogP contribution in [0.2, 0.25) is 0 Å². The van der Waals surface area contributed by atoms with Crippen molar-refractivity contribution < 1.29 is 5.11 Å². The number of aliphatic hydroxyl groups excluding tert-OH is 1. The van der Waals surface area contributed by atoms with E-state index in [-0.39, 0.29) is 0 Å². The van der Waals surface area contributed by atoms with Gasteiger partial charge in [0.1, 0.15) is 0 Å². The maximum Gasteiger partial charge on any atom is 0.0456 e. The maximum absolute atomic E-state index is 8.96. The summed E-state index contributed by atoms with van der Waals surface area (Å²) in [4.78, 5) is 2.70. The number of benzene rings is 1. The Morgan fingerprint density at radius 2 is 1.95 bits per heavy atom. The number of aliphatic hydroxyl groups is 1. The molecule has 0 amide bonds. The molecular weight excluding hydrogens is 266 g/mol. The average molecular weight is 289 g/mol. The van der Waals surface area contributed by atoms with Gasteiger partial charge < -0.3 is 10.4 Å². The Labute approximate surface area is 125 Å². The van der Waals surface area contributed by atoms with Crippen molar-refractivity contribution in [3.63, 3.8) is 0 Å². The molecule has 2 N–H and O–H groups in total. The van der Waals surface area contributed by atoms with Gasteiger partial charge in [-0.15, -0.1) is 11.3 Å². The molecule has 0 radical (unpaired) electrons. The normalized spacial score (nSPS) is 12.5. The van der Waals surface area contributed by atoms with Gasteiger partial charge in [0.15, 0.2) is 0 Å². The first-order chi connectivity index (χ1) is 9.79. The third kappa shape index (κ3) is 4.75. The van der Waals surface area contributed by atoms with Crippen LogP contribution in [0.25, 0.3) is 10.4 Å². The summed E-state index contributed by atoms with van der Waals surface area (Å²) in [5.41, 5.74) is 1.29. The highest BCUT2D eigenvalue weighted by Crippen LogP contribution is 2.27. The molecule has 0 aliphatic heterocycles. The zero-order valence-electron chi connectivity index (χ0n) is 12.0. The highest BCUT2D eigenvalue weighted by molar-refractivity contribution is 7.15. The van der Waals surface area contributed by atoms with E-state index >= 15 is 0 Å². The van der Waals surface area contributed by atoms with Crippen molar-refractivity contribution in [2.75, 3.05) is 13.2 Å². The van der Waals surface area contributed by atoms with Crippen LogP contribution in [0.3, 0.4) is 0 Å². The summed E-state index contributed by atoms with van der Waals surface area (Å²) in [6, 6.07) is 14.9. The molecule has 0 aliphatic rings. The zero-order valence-corrected chi connectivity index (χ0v) is 12.8. The molecule has 1 unspecified atom stereocenters. The van der Waals surface area contributed by atoms with E-state index in [9.17, 15) is 0 Å². The Kier molecular flexibility index (Phi) is 6.25. The molecule has 0 saturated carbocycles. The second-order valence-electron chi connectivity index (χ2n) is 5.24. The van der Waals surface area contributed by atoms with E-state index in [1.54, 1.807) is 0 Å². The highest BCUT2D eigenvalue weighted by atomic mass is 32.1. The summed E-state index contributed by atoms with van der Waals surface area (Å²) in [5.74, 6) is 0.420. The SMILES string of the molecule is CC(CO)CCCNCc1ccc(-c2ccccc2)s1. The largest absolute Gasteiger partial charge is 0.396 e. The van der Waals surface area contributed by atoms with Gasteiger partial charge in [-0.2, -0.15) is 0 Å². The van der Waals surface area contributed by atoms with Gasteiger partial charge in [0.05, 0.1) is 0 Å². The summed E-state index contributed by atoms with van der Waals surface area (Å²) in [6.07, 6.45) is 2.21. The maximum atomic E-state index is 8.96. The van der Waals surface area contributed by atoms with E-state index in [4.69, 9.17) is 5.11 Å². The molecule has 108 valence electrons. The van der Waals surface area contributed by atoms with Gasteiger partial charge in [0, 0.05) is 22.9 Å². The van der Waals surface area contributed by atoms with Gasteiger partial charge in [0.2, 0.25) is 0 Å². The molecule has 20 heavy (non-hydrogen) atoms. The quantitative estimate of drug-likeness (QED) is 0.722. The van der Waals surface area contributed by atoms with Crippen LogP contribution in [0.5, 0.6) is 0 Å². The van der Waals surface area contributed by atoms with Crippen LogP contribution < -0.4 is 5.32 Å². The highest BCUT2D eigenvalue weighted by Gasteiger charge is 2.03. The Morgan fingerprint density at radius 3 is 2.70 bits per heavy atom. The lowest BCUT2D eigenvalue weighted by Gasteiger charge is -2.07. The minimum absolute atomic E-state index is 0.297. The first-order valence-corrected chi connectivity index (χ1v) is 8.07. The molecule has 0 saturated heterocycles. The third-order valence-corrected chi connectivity index (χ3v) is 4.52. The Morgan fingerprint density at radius 1 is 1.15 bits per heavy atom. The van der Waals surface area contributed by atoms with Crippen LogP contribution in [0, 0.1) is 5.92 Å². The second-order valence-corrected chi connectivity index (χ2v) is 6.41. The Balaban J connectivity index is 1.74. The summed E-state index contributed by atoms with van der Waals surface area (Å²) in [7, 11) is 0. The van der Waals surface area contributed by atoms with Crippen molar-refractivity contribution in [2.45, 2.75) is 26.3 Å². The van der Waals surface area contributed by atoms with Gasteiger partial charge in [0.25, 0.3) is 0 Å². The van der Waals surface area contributed by atoms with Crippen LogP contribution in [-0.2, 0) is 6.54 Å². The molecule has 2 aromatic rings. The van der Waals surface area contributed by atoms with Crippen molar-refractivity contribution in [1.82, 2.24) is 5.32 Å². The van der Waals surface area contributed by atoms with E-state index in [0.717, 1.165) is 25.9 Å². The molecule has 1 heterocycles. The van der Waals surface area contributed by atoms with E-state index in [1.807, 2.05) is 17.4 Å². The zero-order chi connectivity index (χ0) is 14.2. The second kappa shape index (κ2) is 8.20. The molecular formula is C17H23NOS. The Bertz CT molecular complexity index is 495. The molecule has 0 spiro atoms. The van der Waals surface area contributed by atoms with Crippen molar-refractivity contribution in [2.24, 2.45) is 5.92 Å². The fourth-order valence-corrected chi connectivity index (χ4v) is 3.09. The smallest absolute Gasteiger partial charge is 0.0456 e. The van der Waals surface area contributed by atoms with Crippen LogP contribution in [-0.4, -0.2) is 18.3 Å². The van der Waals surface area contributed by atoms with E-state index < -0.39 is 0 Å². The Hall–Kier alpha value is -1.16. The van der Waals surface area contributed by atoms with Crippen molar-refractivity contribution in [1.29, 1.82) is 0 Å². The molecule has 0 aliphatic carbocycles. The number of thiophene rings is 1. The molecule has 0 fully saturated rings. The fourth-order valence-electron chi connectivity index (χ4n) is 2.11. The first kappa shape index (κ1) is 15.2. The number of hydrogen-bond acceptors (Lipinski definition) is 3. The summed E-state index contributed by atoms with van der Waals surface area (Å²) in [6.45, 7) is 4.34. The lowest BCUT2D eigenvalue weighted by Crippen LogP contribution is -2.15. The molecule has 1 aromatic carbocycles. The van der Waals surface area contributed by atoms with E-state index in [1.165, 1.54) is 15.3 Å². The lowest BCUT2D eigenvalue weighted by atomic mass is 10.1. The first-order valence-electron chi connectivity index (χ1n) is 7.25. The monoisotopic (exact) mass is 289 g/mol. The van der Waals surface area contributed by atoms with Crippen LogP contribution in [0.15, 0.2) is 42.5 Å². The molecule has 1 aromatic heterocycles. The van der Waals surface area contributed by atoms with Gasteiger partial charge in [-0.3, -0.25) is 0 Å². The van der Waals surface area contributed by atoms with Crippen LogP contribution >= 0.6 is 11.3 Å². The average Bonchev–Trinajstić information content (AvgIpc) is 2.96. The van der Waals surface area contributed by atoms with Crippen LogP contribution in [0.4, 0.5) is 0 Å². The molecule has 0 bridgehead atoms. The molecule has 3 heteroatoms. The standard InChI is InChI=1S/C17H23NOS/c1-14(13-19)6-5-11-18-12-16-9-10-17(20-16)15-7-3-2-4-8-15/h2-4,7-10,14,18-19H,5-6,11-13H2,1H3.